The lowest BCUT2D eigenvalue weighted by atomic mass is 9.60. The zero-order chi connectivity index (χ0) is 64.1. The molecule has 0 amide bonds. The van der Waals surface area contributed by atoms with Gasteiger partial charge in [-0.25, -0.2) is 0 Å². The number of hydrogen-bond acceptors (Lipinski definition) is 2. The van der Waals surface area contributed by atoms with E-state index in [4.69, 9.17) is 10.5 Å². The van der Waals surface area contributed by atoms with Crippen molar-refractivity contribution in [2.75, 3.05) is 0 Å². The van der Waals surface area contributed by atoms with E-state index in [1.165, 1.54) is 100 Å². The molecule has 2 heteroatoms. The number of benzene rings is 9. The lowest BCUT2D eigenvalue weighted by Gasteiger charge is -2.42. The van der Waals surface area contributed by atoms with Gasteiger partial charge in [-0.05, 0) is 197 Å². The van der Waals surface area contributed by atoms with Gasteiger partial charge in [-0.2, -0.15) is 10.5 Å². The molecule has 452 valence electrons. The van der Waals surface area contributed by atoms with E-state index >= 15 is 0 Å². The summed E-state index contributed by atoms with van der Waals surface area (Å²) in [5.41, 5.74) is 29.8. The van der Waals surface area contributed by atoms with Crippen molar-refractivity contribution < 1.29 is 0 Å². The molecule has 1 aliphatic carbocycles. The Morgan fingerprint density at radius 1 is 0.307 bits per heavy atom. The van der Waals surface area contributed by atoms with E-state index in [1.807, 2.05) is 27.7 Å². The molecule has 0 atom stereocenters. The Bertz CT molecular complexity index is 3710. The van der Waals surface area contributed by atoms with Gasteiger partial charge in [0.25, 0.3) is 0 Å². The van der Waals surface area contributed by atoms with Crippen LogP contribution in [0.4, 0.5) is 0 Å². The molecule has 0 bridgehead atoms. The van der Waals surface area contributed by atoms with Crippen molar-refractivity contribution in [1.29, 1.82) is 10.5 Å². The first-order valence-corrected chi connectivity index (χ1v) is 32.7. The first-order chi connectivity index (χ1) is 41.9. The van der Waals surface area contributed by atoms with Gasteiger partial charge in [0.2, 0.25) is 0 Å². The lowest BCUT2D eigenvalue weighted by molar-refractivity contribution is 0.671. The summed E-state index contributed by atoms with van der Waals surface area (Å²) in [6, 6.07) is 73.8. The van der Waals surface area contributed by atoms with Crippen LogP contribution in [0.25, 0.3) is 11.1 Å². The second-order valence-electron chi connectivity index (χ2n) is 27.3. The van der Waals surface area contributed by atoms with Crippen LogP contribution in [-0.4, -0.2) is 0 Å². The number of hydrogen-bond donors (Lipinski definition) is 0. The van der Waals surface area contributed by atoms with Crippen molar-refractivity contribution in [3.63, 3.8) is 0 Å². The number of nitriles is 2. The van der Waals surface area contributed by atoms with E-state index in [-0.39, 0.29) is 5.41 Å². The Balaban J connectivity index is 0.000000188. The van der Waals surface area contributed by atoms with Gasteiger partial charge in [0, 0.05) is 0 Å². The topological polar surface area (TPSA) is 47.6 Å². The van der Waals surface area contributed by atoms with Gasteiger partial charge in [0.15, 0.2) is 0 Å². The van der Waals surface area contributed by atoms with Crippen LogP contribution in [0, 0.1) is 50.4 Å². The molecule has 0 aliphatic heterocycles. The molecule has 2 nitrogen and oxygen atoms in total. The van der Waals surface area contributed by atoms with Crippen LogP contribution >= 0.6 is 0 Å². The van der Waals surface area contributed by atoms with Gasteiger partial charge >= 0.3 is 0 Å². The second kappa shape index (κ2) is 27.6. The molecule has 1 aliphatic rings. The van der Waals surface area contributed by atoms with Gasteiger partial charge in [-0.1, -0.05) is 293 Å². The second-order valence-corrected chi connectivity index (χ2v) is 27.3. The van der Waals surface area contributed by atoms with Gasteiger partial charge in [0.05, 0.1) is 34.1 Å². The maximum atomic E-state index is 8.98. The molecule has 0 aromatic heterocycles. The van der Waals surface area contributed by atoms with Crippen LogP contribution in [-0.2, 0) is 10.8 Å². The van der Waals surface area contributed by atoms with Crippen LogP contribution in [0.2, 0.25) is 0 Å². The molecule has 0 heterocycles. The maximum absolute atomic E-state index is 8.98. The van der Waals surface area contributed by atoms with Crippen molar-refractivity contribution in [3.8, 4) is 23.3 Å². The predicted molar refractivity (Wildman–Crippen MR) is 376 cm³/mol. The molecule has 0 radical (unpaired) electrons. The molecule has 0 unspecified atom stereocenters. The lowest BCUT2D eigenvalue weighted by Crippen LogP contribution is -2.34. The summed E-state index contributed by atoms with van der Waals surface area (Å²) in [7, 11) is 0. The molecular weight excluding hydrogens is 1060 g/mol. The van der Waals surface area contributed by atoms with Crippen LogP contribution in [0.3, 0.4) is 0 Å². The highest BCUT2D eigenvalue weighted by Crippen LogP contribution is 2.57. The third-order valence-electron chi connectivity index (χ3n) is 19.2. The van der Waals surface area contributed by atoms with E-state index in [0.717, 1.165) is 22.3 Å². The Labute approximate surface area is 531 Å². The Morgan fingerprint density at radius 2 is 0.614 bits per heavy atom. The SMILES string of the molecule is CC(C)c1ccc(C2(c3ccc(C(C)C)c(C(C)C)c3)c3ccccc3-c3ccccc32)cc1C(C)C.CC(C)c1cccc(C(c2ccccc2)(c2ccccc2)c2cccc(C(C)C)c2C(C)C)c1C(C)C.Cc1c(C)c(C#N)c(C)c(C)c1C#N. The standard InChI is InChI=1S/C37H42.C37H44.C12H12N2/c1-23(2)29-19-17-27(21-33(29)25(5)6)37(28-18-20-30(24(3)4)34(22-28)26(7)8)35-15-11-9-13-31(35)32-14-10-12-16-36(32)37;1-25(2)31-21-15-23-33(35(31)27(5)6)37(29-17-11-9-12-18-29,30-19-13-10-14-20-30)34-24-16-22-32(26(3)4)36(34)28(7)8;1-7-8(2)12(6-14)10(4)9(3)11(7)5-13/h9-26H,1-8H3;9-28H,1-8H3;1-4H3. The fraction of sp³-hybridized carbons (Fsp3) is 0.349. The summed E-state index contributed by atoms with van der Waals surface area (Å²) in [6.45, 7) is 44.9. The predicted octanol–water partition coefficient (Wildman–Crippen LogP) is 23.8. The quantitative estimate of drug-likeness (QED) is 0.102. The van der Waals surface area contributed by atoms with E-state index in [1.54, 1.807) is 0 Å². The summed E-state index contributed by atoms with van der Waals surface area (Å²) in [4.78, 5) is 0. The first kappa shape index (κ1) is 65.9. The van der Waals surface area contributed by atoms with Gasteiger partial charge < -0.3 is 0 Å². The molecule has 88 heavy (non-hydrogen) atoms. The number of rotatable bonds is 14. The molecule has 9 aromatic carbocycles. The van der Waals surface area contributed by atoms with E-state index in [0.29, 0.717) is 58.5 Å². The highest BCUT2D eigenvalue weighted by molar-refractivity contribution is 5.86. The molecule has 0 saturated heterocycles. The Morgan fingerprint density at radius 3 is 0.909 bits per heavy atom. The van der Waals surface area contributed by atoms with Crippen molar-refractivity contribution in [2.24, 2.45) is 0 Å². The molecule has 0 N–H and O–H groups in total. The number of nitrogens with zero attached hydrogens (tertiary/aromatic N) is 2. The van der Waals surface area contributed by atoms with Crippen LogP contribution in [0.1, 0.15) is 281 Å². The fourth-order valence-electron chi connectivity index (χ4n) is 14.8. The van der Waals surface area contributed by atoms with Crippen LogP contribution in [0.15, 0.2) is 182 Å². The minimum atomic E-state index is -0.433. The van der Waals surface area contributed by atoms with Crippen LogP contribution in [0.5, 0.6) is 0 Å². The zero-order valence-electron chi connectivity index (χ0n) is 56.8. The third-order valence-corrected chi connectivity index (χ3v) is 19.2. The minimum Gasteiger partial charge on any atom is -0.192 e. The fourth-order valence-corrected chi connectivity index (χ4v) is 14.8. The normalized spacial score (nSPS) is 12.5. The van der Waals surface area contributed by atoms with E-state index < -0.39 is 5.41 Å². The summed E-state index contributed by atoms with van der Waals surface area (Å²) < 4.78 is 0. The molecular formula is C86H98N2. The van der Waals surface area contributed by atoms with E-state index in [2.05, 4.69) is 305 Å². The average molecular weight is 1160 g/mol. The van der Waals surface area contributed by atoms with Crippen LogP contribution < -0.4 is 0 Å². The van der Waals surface area contributed by atoms with Crippen molar-refractivity contribution in [3.05, 3.63) is 304 Å². The van der Waals surface area contributed by atoms with Crippen molar-refractivity contribution >= 4 is 0 Å². The van der Waals surface area contributed by atoms with E-state index in [9.17, 15) is 0 Å². The summed E-state index contributed by atoms with van der Waals surface area (Å²) in [5, 5.41) is 18.0. The average Bonchev–Trinajstić information content (AvgIpc) is 1.40. The molecule has 10 rings (SSSR count). The summed E-state index contributed by atoms with van der Waals surface area (Å²) >= 11 is 0. The molecule has 9 aromatic rings. The number of fused-ring (bicyclic) bond motifs is 3. The van der Waals surface area contributed by atoms with Gasteiger partial charge in [0.1, 0.15) is 0 Å². The maximum Gasteiger partial charge on any atom is 0.0997 e. The van der Waals surface area contributed by atoms with Crippen molar-refractivity contribution in [1.82, 2.24) is 0 Å². The molecule has 0 saturated carbocycles. The molecule has 0 spiro atoms. The van der Waals surface area contributed by atoms with Gasteiger partial charge in [-0.3, -0.25) is 0 Å². The monoisotopic (exact) mass is 1160 g/mol. The Kier molecular flexibility index (Phi) is 20.6. The molecule has 0 fully saturated rings. The third kappa shape index (κ3) is 12.0. The minimum absolute atomic E-state index is 0.342. The Hall–Kier alpha value is -8.04. The van der Waals surface area contributed by atoms with Gasteiger partial charge in [-0.15, -0.1) is 0 Å². The zero-order valence-corrected chi connectivity index (χ0v) is 56.8. The highest BCUT2D eigenvalue weighted by Gasteiger charge is 2.47. The van der Waals surface area contributed by atoms with Crippen molar-refractivity contribution in [2.45, 2.75) is 197 Å². The smallest absolute Gasteiger partial charge is 0.0997 e. The highest BCUT2D eigenvalue weighted by atomic mass is 14.5. The summed E-state index contributed by atoms with van der Waals surface area (Å²) in [6.07, 6.45) is 0. The first-order valence-electron chi connectivity index (χ1n) is 32.7. The largest absolute Gasteiger partial charge is 0.192 e. The summed E-state index contributed by atoms with van der Waals surface area (Å²) in [5.74, 6) is 3.65.